The third-order valence-corrected chi connectivity index (χ3v) is 4.58. The molecule has 0 fully saturated rings. The van der Waals surface area contributed by atoms with E-state index in [0.717, 1.165) is 12.8 Å². The van der Waals surface area contributed by atoms with Crippen molar-refractivity contribution in [3.8, 4) is 0 Å². The molecule has 0 saturated carbocycles. The molecule has 0 aliphatic heterocycles. The molecular formula is C18H26Cl2O. The fourth-order valence-corrected chi connectivity index (χ4v) is 2.86. The molecule has 0 radical (unpaired) electrons. The molecule has 21 heavy (non-hydrogen) atoms. The van der Waals surface area contributed by atoms with E-state index in [1.807, 2.05) is 0 Å². The van der Waals surface area contributed by atoms with Gasteiger partial charge in [0.1, 0.15) is 0 Å². The molecular weight excluding hydrogens is 303 g/mol. The smallest absolute Gasteiger partial charge is 0.164 e. The summed E-state index contributed by atoms with van der Waals surface area (Å²) in [4.78, 5) is 12.1. The number of halogens is 2. The molecule has 0 bridgehead atoms. The summed E-state index contributed by atoms with van der Waals surface area (Å²) >= 11 is 12.0. The minimum atomic E-state index is 0.102. The molecule has 0 unspecified atom stereocenters. The van der Waals surface area contributed by atoms with E-state index in [9.17, 15) is 4.79 Å². The third-order valence-electron chi connectivity index (χ3n) is 3.76. The molecule has 0 N–H and O–H groups in total. The second kappa shape index (κ2) is 11.1. The molecule has 1 aromatic rings. The maximum absolute atomic E-state index is 12.1. The predicted molar refractivity (Wildman–Crippen MR) is 92.6 cm³/mol. The molecule has 0 aliphatic carbocycles. The number of unbranched alkanes of at least 4 members (excludes halogenated alkanes) is 8. The Morgan fingerprint density at radius 3 is 2.10 bits per heavy atom. The van der Waals surface area contributed by atoms with Gasteiger partial charge < -0.3 is 0 Å². The molecule has 1 nitrogen and oxygen atoms in total. The summed E-state index contributed by atoms with van der Waals surface area (Å²) < 4.78 is 0. The summed E-state index contributed by atoms with van der Waals surface area (Å²) in [5.41, 5.74) is 0.559. The summed E-state index contributed by atoms with van der Waals surface area (Å²) in [6.07, 6.45) is 11.8. The number of benzene rings is 1. The number of Topliss-reactive ketones (excluding diaryl/α,β-unsaturated/α-hetero) is 1. The van der Waals surface area contributed by atoms with Crippen LogP contribution in [0.1, 0.15) is 81.5 Å². The standard InChI is InChI=1S/C18H26Cl2O/c1-2-3-4-5-6-7-8-9-10-14-17(21)15-12-11-13-16(19)18(15)20/h11-13H,2-10,14H2,1H3. The van der Waals surface area contributed by atoms with Gasteiger partial charge in [0.25, 0.3) is 0 Å². The minimum Gasteiger partial charge on any atom is -0.294 e. The molecule has 3 heteroatoms. The van der Waals surface area contributed by atoms with E-state index in [-0.39, 0.29) is 5.78 Å². The Kier molecular flexibility index (Phi) is 9.78. The van der Waals surface area contributed by atoms with Gasteiger partial charge in [0.15, 0.2) is 5.78 Å². The lowest BCUT2D eigenvalue weighted by molar-refractivity contribution is 0.0979. The van der Waals surface area contributed by atoms with E-state index in [4.69, 9.17) is 23.2 Å². The Bertz CT molecular complexity index is 429. The van der Waals surface area contributed by atoms with Gasteiger partial charge in [-0.25, -0.2) is 0 Å². The highest BCUT2D eigenvalue weighted by Crippen LogP contribution is 2.26. The Balaban J connectivity index is 2.13. The molecule has 0 atom stereocenters. The van der Waals surface area contributed by atoms with E-state index < -0.39 is 0 Å². The summed E-state index contributed by atoms with van der Waals surface area (Å²) in [6, 6.07) is 5.24. The predicted octanol–water partition coefficient (Wildman–Crippen LogP) is 7.10. The molecule has 0 spiro atoms. The van der Waals surface area contributed by atoms with Crippen molar-refractivity contribution in [2.45, 2.75) is 71.1 Å². The zero-order chi connectivity index (χ0) is 15.5. The molecule has 0 aromatic heterocycles. The Morgan fingerprint density at radius 1 is 0.905 bits per heavy atom. The average molecular weight is 329 g/mol. The molecule has 0 amide bonds. The zero-order valence-electron chi connectivity index (χ0n) is 13.0. The summed E-state index contributed by atoms with van der Waals surface area (Å²) in [6.45, 7) is 2.24. The van der Waals surface area contributed by atoms with Crippen molar-refractivity contribution in [1.29, 1.82) is 0 Å². The second-order valence-electron chi connectivity index (χ2n) is 5.60. The molecule has 1 rings (SSSR count). The van der Waals surface area contributed by atoms with Crippen LogP contribution in [0.5, 0.6) is 0 Å². The fourth-order valence-electron chi connectivity index (χ4n) is 2.45. The van der Waals surface area contributed by atoms with Crippen LogP contribution >= 0.6 is 23.2 Å². The lowest BCUT2D eigenvalue weighted by Crippen LogP contribution is -2.00. The van der Waals surface area contributed by atoms with Crippen LogP contribution in [-0.2, 0) is 0 Å². The van der Waals surface area contributed by atoms with Gasteiger partial charge in [-0.2, -0.15) is 0 Å². The number of hydrogen-bond acceptors (Lipinski definition) is 1. The van der Waals surface area contributed by atoms with Gasteiger partial charge >= 0.3 is 0 Å². The number of rotatable bonds is 11. The van der Waals surface area contributed by atoms with Gasteiger partial charge in [0.2, 0.25) is 0 Å². The highest BCUT2D eigenvalue weighted by atomic mass is 35.5. The van der Waals surface area contributed by atoms with Crippen molar-refractivity contribution in [1.82, 2.24) is 0 Å². The van der Waals surface area contributed by atoms with Crippen molar-refractivity contribution in [3.05, 3.63) is 33.8 Å². The number of carbonyl (C=O) groups is 1. The second-order valence-corrected chi connectivity index (χ2v) is 6.39. The van der Waals surface area contributed by atoms with Crippen LogP contribution in [0.4, 0.5) is 0 Å². The van der Waals surface area contributed by atoms with Gasteiger partial charge in [-0.05, 0) is 18.6 Å². The van der Waals surface area contributed by atoms with Crippen LogP contribution in [0.3, 0.4) is 0 Å². The first-order valence-electron chi connectivity index (χ1n) is 8.14. The Hall–Kier alpha value is -0.530. The van der Waals surface area contributed by atoms with Gasteiger partial charge in [-0.3, -0.25) is 4.79 Å². The zero-order valence-corrected chi connectivity index (χ0v) is 14.5. The average Bonchev–Trinajstić information content (AvgIpc) is 2.48. The molecule has 0 aliphatic rings. The van der Waals surface area contributed by atoms with Crippen molar-refractivity contribution < 1.29 is 4.79 Å². The number of hydrogen-bond donors (Lipinski definition) is 0. The van der Waals surface area contributed by atoms with E-state index in [1.165, 1.54) is 44.9 Å². The van der Waals surface area contributed by atoms with Gasteiger partial charge in [0.05, 0.1) is 10.0 Å². The SMILES string of the molecule is CCCCCCCCCCCC(=O)c1cccc(Cl)c1Cl. The largest absolute Gasteiger partial charge is 0.294 e. The van der Waals surface area contributed by atoms with E-state index in [1.54, 1.807) is 18.2 Å². The highest BCUT2D eigenvalue weighted by Gasteiger charge is 2.11. The molecule has 118 valence electrons. The van der Waals surface area contributed by atoms with E-state index in [0.29, 0.717) is 22.0 Å². The monoisotopic (exact) mass is 328 g/mol. The summed E-state index contributed by atoms with van der Waals surface area (Å²) in [5, 5.41) is 0.842. The van der Waals surface area contributed by atoms with E-state index >= 15 is 0 Å². The lowest BCUT2D eigenvalue weighted by Gasteiger charge is -2.05. The molecule has 0 heterocycles. The first-order valence-corrected chi connectivity index (χ1v) is 8.89. The van der Waals surface area contributed by atoms with Gasteiger partial charge in [0, 0.05) is 12.0 Å². The minimum absolute atomic E-state index is 0.102. The first kappa shape index (κ1) is 18.5. The molecule has 1 aromatic carbocycles. The van der Waals surface area contributed by atoms with Gasteiger partial charge in [-0.1, -0.05) is 87.6 Å². The fraction of sp³-hybridized carbons (Fsp3) is 0.611. The summed E-state index contributed by atoms with van der Waals surface area (Å²) in [7, 11) is 0. The highest BCUT2D eigenvalue weighted by molar-refractivity contribution is 6.43. The number of carbonyl (C=O) groups excluding carboxylic acids is 1. The van der Waals surface area contributed by atoms with Crippen molar-refractivity contribution in [3.63, 3.8) is 0 Å². The first-order chi connectivity index (χ1) is 10.2. The van der Waals surface area contributed by atoms with Crippen molar-refractivity contribution >= 4 is 29.0 Å². The van der Waals surface area contributed by atoms with Crippen LogP contribution in [-0.4, -0.2) is 5.78 Å². The van der Waals surface area contributed by atoms with Crippen LogP contribution in [0, 0.1) is 0 Å². The van der Waals surface area contributed by atoms with Crippen molar-refractivity contribution in [2.24, 2.45) is 0 Å². The van der Waals surface area contributed by atoms with Crippen LogP contribution < -0.4 is 0 Å². The van der Waals surface area contributed by atoms with Crippen LogP contribution in [0.2, 0.25) is 10.0 Å². The maximum Gasteiger partial charge on any atom is 0.164 e. The molecule has 0 saturated heterocycles. The maximum atomic E-state index is 12.1. The van der Waals surface area contributed by atoms with Crippen molar-refractivity contribution in [2.75, 3.05) is 0 Å². The lowest BCUT2D eigenvalue weighted by atomic mass is 10.0. The Morgan fingerprint density at radius 2 is 1.48 bits per heavy atom. The van der Waals surface area contributed by atoms with Crippen LogP contribution in [0.25, 0.3) is 0 Å². The normalized spacial score (nSPS) is 10.8. The third kappa shape index (κ3) is 7.33. The Labute approximate surface area is 139 Å². The topological polar surface area (TPSA) is 17.1 Å². The summed E-state index contributed by atoms with van der Waals surface area (Å²) in [5.74, 6) is 0.102. The van der Waals surface area contributed by atoms with E-state index in [2.05, 4.69) is 6.92 Å². The quantitative estimate of drug-likeness (QED) is 0.313. The van der Waals surface area contributed by atoms with Crippen LogP contribution in [0.15, 0.2) is 18.2 Å². The van der Waals surface area contributed by atoms with Gasteiger partial charge in [-0.15, -0.1) is 0 Å². The number of ketones is 1.